The van der Waals surface area contributed by atoms with Gasteiger partial charge >= 0.3 is 29.2 Å². The van der Waals surface area contributed by atoms with Crippen molar-refractivity contribution in [2.75, 3.05) is 0 Å². The van der Waals surface area contributed by atoms with Crippen LogP contribution in [0.4, 0.5) is 0 Å². The molecule has 5 nitrogen and oxygen atoms in total. The Morgan fingerprint density at radius 3 is 2.55 bits per heavy atom. The predicted molar refractivity (Wildman–Crippen MR) is 33.0 cm³/mol. The van der Waals surface area contributed by atoms with Crippen molar-refractivity contribution in [2.45, 2.75) is 6.92 Å². The second-order valence-electron chi connectivity index (χ2n) is 1.76. The Kier molecular flexibility index (Phi) is 3.17. The Morgan fingerprint density at radius 2 is 2.18 bits per heavy atom. The fourth-order valence-electron chi connectivity index (χ4n) is 0.555. The maximum Gasteiger partial charge on any atom is 1.00 e. The van der Waals surface area contributed by atoms with Gasteiger partial charge in [-0.05, 0) is 6.92 Å². The summed E-state index contributed by atoms with van der Waals surface area (Å²) in [5.41, 5.74) is 0. The number of amides is 1. The van der Waals surface area contributed by atoms with Crippen molar-refractivity contribution in [3.8, 4) is 0 Å². The summed E-state index contributed by atoms with van der Waals surface area (Å²) in [5.74, 6) is -0.604. The number of carbonyl (C=O) groups excluding carboxylic acids is 1. The molecule has 1 aliphatic rings. The van der Waals surface area contributed by atoms with E-state index in [0.29, 0.717) is 0 Å². The molecule has 0 saturated heterocycles. The maximum atomic E-state index is 10.5. The topological polar surface area (TPSA) is 72.5 Å². The van der Waals surface area contributed by atoms with Gasteiger partial charge in [-0.25, -0.2) is 4.72 Å². The molecule has 0 bridgehead atoms. The average Bonchev–Trinajstić information content (AvgIpc) is 1.54. The van der Waals surface area contributed by atoms with Gasteiger partial charge in [0.1, 0.15) is 5.76 Å². The smallest absolute Gasteiger partial charge is 1.00 e. The SMILES string of the molecule is CC1=CC(=O)NS(=O)(=O)O1.[H-].[Li+]. The molecule has 7 heteroatoms. The van der Waals surface area contributed by atoms with Crippen molar-refractivity contribution in [1.29, 1.82) is 0 Å². The van der Waals surface area contributed by atoms with Gasteiger partial charge in [0.25, 0.3) is 5.91 Å². The first-order chi connectivity index (χ1) is 4.49. The van der Waals surface area contributed by atoms with Crippen LogP contribution in [-0.4, -0.2) is 14.3 Å². The molecule has 0 saturated carbocycles. The Hall–Kier alpha value is -0.443. The van der Waals surface area contributed by atoms with Gasteiger partial charge in [0.2, 0.25) is 0 Å². The molecule has 0 aliphatic carbocycles. The van der Waals surface area contributed by atoms with Gasteiger partial charge in [-0.2, -0.15) is 8.42 Å². The molecule has 0 aromatic carbocycles. The first-order valence-corrected chi connectivity index (χ1v) is 3.85. The van der Waals surface area contributed by atoms with Gasteiger partial charge in [-0.1, -0.05) is 0 Å². The van der Waals surface area contributed by atoms with E-state index >= 15 is 0 Å². The van der Waals surface area contributed by atoms with Crippen molar-refractivity contribution >= 4 is 16.2 Å². The number of hydrogen-bond donors (Lipinski definition) is 1. The zero-order valence-electron chi connectivity index (χ0n) is 7.12. The van der Waals surface area contributed by atoms with Crippen LogP contribution < -0.4 is 23.6 Å². The summed E-state index contributed by atoms with van der Waals surface area (Å²) in [6.07, 6.45) is 1.06. The van der Waals surface area contributed by atoms with E-state index in [0.717, 1.165) is 6.08 Å². The van der Waals surface area contributed by atoms with E-state index in [9.17, 15) is 13.2 Å². The van der Waals surface area contributed by atoms with Crippen molar-refractivity contribution < 1.29 is 37.7 Å². The summed E-state index contributed by atoms with van der Waals surface area (Å²) in [7, 11) is -3.85. The molecule has 1 aliphatic heterocycles. The van der Waals surface area contributed by atoms with E-state index in [1.807, 2.05) is 0 Å². The summed E-state index contributed by atoms with van der Waals surface area (Å²) in [6.45, 7) is 1.39. The van der Waals surface area contributed by atoms with Crippen LogP contribution in [0.5, 0.6) is 0 Å². The minimum Gasteiger partial charge on any atom is -1.00 e. The Morgan fingerprint density at radius 1 is 1.64 bits per heavy atom. The van der Waals surface area contributed by atoms with Crippen molar-refractivity contribution in [3.05, 3.63) is 11.8 Å². The summed E-state index contributed by atoms with van der Waals surface area (Å²) in [6, 6.07) is 0. The Balaban J connectivity index is 0. The number of allylic oxidation sites excluding steroid dienone is 1. The molecule has 58 valence electrons. The minimum absolute atomic E-state index is 0. The first kappa shape index (κ1) is 10.6. The molecular weight excluding hydrogens is 165 g/mol. The molecule has 1 N–H and O–H groups in total. The second-order valence-corrected chi connectivity index (χ2v) is 3.04. The van der Waals surface area contributed by atoms with Crippen molar-refractivity contribution in [2.24, 2.45) is 0 Å². The van der Waals surface area contributed by atoms with Crippen LogP contribution >= 0.6 is 0 Å². The van der Waals surface area contributed by atoms with Gasteiger partial charge in [-0.15, -0.1) is 0 Å². The van der Waals surface area contributed by atoms with E-state index in [1.54, 1.807) is 4.72 Å². The van der Waals surface area contributed by atoms with Gasteiger partial charge in [0.05, 0.1) is 0 Å². The fraction of sp³-hybridized carbons (Fsp3) is 0.250. The van der Waals surface area contributed by atoms with Crippen molar-refractivity contribution in [1.82, 2.24) is 4.72 Å². The zero-order valence-corrected chi connectivity index (χ0v) is 6.94. The second kappa shape index (κ2) is 3.30. The third kappa shape index (κ3) is 2.97. The third-order valence-corrected chi connectivity index (χ3v) is 1.73. The quantitative estimate of drug-likeness (QED) is 0.382. The number of hydrogen-bond acceptors (Lipinski definition) is 4. The Bertz CT molecular complexity index is 298. The fourth-order valence-corrected chi connectivity index (χ4v) is 1.30. The molecule has 11 heavy (non-hydrogen) atoms. The molecule has 0 atom stereocenters. The van der Waals surface area contributed by atoms with E-state index in [4.69, 9.17) is 0 Å². The Labute approximate surface area is 77.7 Å². The van der Waals surface area contributed by atoms with Crippen molar-refractivity contribution in [3.63, 3.8) is 0 Å². The standard InChI is InChI=1S/C4H5NO4S.Li.H/c1-3-2-4(6)5-10(7,8)9-3;;/h2H,1H3,(H,5,6);;/q;+1;-1. The summed E-state index contributed by atoms with van der Waals surface area (Å²) in [4.78, 5) is 10.4. The van der Waals surface area contributed by atoms with Gasteiger partial charge in [0.15, 0.2) is 0 Å². The monoisotopic (exact) mass is 171 g/mol. The molecule has 1 rings (SSSR count). The maximum absolute atomic E-state index is 10.5. The van der Waals surface area contributed by atoms with E-state index < -0.39 is 16.2 Å². The molecule has 0 aromatic rings. The molecule has 0 spiro atoms. The number of nitrogens with one attached hydrogen (secondary N) is 1. The molecule has 0 fully saturated rings. The molecule has 0 aromatic heterocycles. The van der Waals surface area contributed by atoms with Crippen LogP contribution in [0, 0.1) is 0 Å². The molecule has 1 amide bonds. The third-order valence-electron chi connectivity index (χ3n) is 0.801. The van der Waals surface area contributed by atoms with Crippen LogP contribution in [0.3, 0.4) is 0 Å². The number of rotatable bonds is 0. The first-order valence-electron chi connectivity index (χ1n) is 2.44. The van der Waals surface area contributed by atoms with E-state index in [-0.39, 0.29) is 26.0 Å². The molecule has 0 radical (unpaired) electrons. The van der Waals surface area contributed by atoms with Crippen LogP contribution in [0.15, 0.2) is 11.8 Å². The van der Waals surface area contributed by atoms with E-state index in [1.165, 1.54) is 6.92 Å². The predicted octanol–water partition coefficient (Wildman–Crippen LogP) is -3.60. The van der Waals surface area contributed by atoms with Crippen LogP contribution in [0.2, 0.25) is 0 Å². The van der Waals surface area contributed by atoms with Crippen LogP contribution in [0.25, 0.3) is 0 Å². The number of carbonyl (C=O) groups is 1. The van der Waals surface area contributed by atoms with Gasteiger partial charge < -0.3 is 5.61 Å². The molecular formula is C4H6LiNO4S. The van der Waals surface area contributed by atoms with Crippen LogP contribution in [0.1, 0.15) is 8.35 Å². The van der Waals surface area contributed by atoms with Crippen LogP contribution in [-0.2, 0) is 19.3 Å². The minimum atomic E-state index is -3.85. The summed E-state index contributed by atoms with van der Waals surface area (Å²) < 4.78 is 26.8. The molecule has 1 heterocycles. The normalized spacial score (nSPS) is 20.5. The zero-order chi connectivity index (χ0) is 7.78. The summed E-state index contributed by atoms with van der Waals surface area (Å²) >= 11 is 0. The van der Waals surface area contributed by atoms with Gasteiger partial charge in [-0.3, -0.25) is 4.79 Å². The largest absolute Gasteiger partial charge is 1.00 e. The average molecular weight is 171 g/mol. The van der Waals surface area contributed by atoms with Gasteiger partial charge in [0, 0.05) is 6.08 Å². The molecule has 0 unspecified atom stereocenters. The van der Waals surface area contributed by atoms with E-state index in [2.05, 4.69) is 4.18 Å². The summed E-state index contributed by atoms with van der Waals surface area (Å²) in [5, 5.41) is 0.